The standard InChI is InChI=1S/C13H15FN2O5/c1-4-10(13(18)19)15(3)12(17)9-6-8(16(20)21)5-7(2)11(9)14/h5-6,10H,4H2,1-3H3,(H,18,19). The molecule has 0 saturated heterocycles. The molecule has 0 aliphatic rings. The van der Waals surface area contributed by atoms with E-state index in [0.717, 1.165) is 17.0 Å². The maximum Gasteiger partial charge on any atom is 0.326 e. The number of likely N-dealkylation sites (N-methyl/N-ethyl adjacent to an activating group) is 1. The first-order valence-corrected chi connectivity index (χ1v) is 6.15. The minimum absolute atomic E-state index is 0.0516. The number of carboxylic acid groups (broad SMARTS) is 1. The highest BCUT2D eigenvalue weighted by atomic mass is 19.1. The molecule has 0 aliphatic carbocycles. The first-order chi connectivity index (χ1) is 9.70. The average molecular weight is 298 g/mol. The van der Waals surface area contributed by atoms with Crippen molar-refractivity contribution in [2.45, 2.75) is 26.3 Å². The van der Waals surface area contributed by atoms with E-state index in [9.17, 15) is 24.1 Å². The Morgan fingerprint density at radius 2 is 2.05 bits per heavy atom. The summed E-state index contributed by atoms with van der Waals surface area (Å²) >= 11 is 0. The van der Waals surface area contributed by atoms with E-state index in [-0.39, 0.29) is 12.0 Å². The lowest BCUT2D eigenvalue weighted by molar-refractivity contribution is -0.385. The van der Waals surface area contributed by atoms with E-state index in [1.807, 2.05) is 0 Å². The number of nitro benzene ring substituents is 1. The molecule has 1 amide bonds. The number of rotatable bonds is 5. The van der Waals surface area contributed by atoms with Gasteiger partial charge >= 0.3 is 5.97 Å². The summed E-state index contributed by atoms with van der Waals surface area (Å²) in [5, 5.41) is 19.8. The predicted molar refractivity (Wildman–Crippen MR) is 71.6 cm³/mol. The van der Waals surface area contributed by atoms with Gasteiger partial charge in [-0.3, -0.25) is 14.9 Å². The number of halogens is 1. The van der Waals surface area contributed by atoms with Crippen molar-refractivity contribution < 1.29 is 24.0 Å². The second kappa shape index (κ2) is 6.29. The summed E-state index contributed by atoms with van der Waals surface area (Å²) in [6, 6.07) is 0.701. The lowest BCUT2D eigenvalue weighted by Crippen LogP contribution is -2.42. The monoisotopic (exact) mass is 298 g/mol. The highest BCUT2D eigenvalue weighted by Crippen LogP contribution is 2.23. The topological polar surface area (TPSA) is 101 Å². The van der Waals surface area contributed by atoms with Gasteiger partial charge in [0.05, 0.1) is 10.5 Å². The fourth-order valence-corrected chi connectivity index (χ4v) is 1.96. The number of carboxylic acids is 1. The van der Waals surface area contributed by atoms with Crippen LogP contribution >= 0.6 is 0 Å². The van der Waals surface area contributed by atoms with Crippen molar-refractivity contribution in [2.75, 3.05) is 7.05 Å². The van der Waals surface area contributed by atoms with E-state index in [4.69, 9.17) is 5.11 Å². The van der Waals surface area contributed by atoms with Gasteiger partial charge in [-0.05, 0) is 18.9 Å². The molecule has 1 atom stereocenters. The van der Waals surface area contributed by atoms with Crippen LogP contribution < -0.4 is 0 Å². The molecule has 0 bridgehead atoms. The number of amides is 1. The van der Waals surface area contributed by atoms with Crippen molar-refractivity contribution in [3.05, 3.63) is 39.2 Å². The van der Waals surface area contributed by atoms with Gasteiger partial charge in [-0.2, -0.15) is 0 Å². The summed E-state index contributed by atoms with van der Waals surface area (Å²) in [6.07, 6.45) is 0.132. The summed E-state index contributed by atoms with van der Waals surface area (Å²) in [4.78, 5) is 34.1. The number of aliphatic carboxylic acids is 1. The number of carbonyl (C=O) groups excluding carboxylic acids is 1. The Bertz CT molecular complexity index is 602. The molecule has 7 nitrogen and oxygen atoms in total. The molecule has 21 heavy (non-hydrogen) atoms. The zero-order valence-electron chi connectivity index (χ0n) is 11.8. The highest BCUT2D eigenvalue weighted by molar-refractivity contribution is 5.97. The number of hydrogen-bond donors (Lipinski definition) is 1. The van der Waals surface area contributed by atoms with Crippen molar-refractivity contribution in [3.8, 4) is 0 Å². The third-order valence-electron chi connectivity index (χ3n) is 3.14. The van der Waals surface area contributed by atoms with Crippen LogP contribution in [0.5, 0.6) is 0 Å². The van der Waals surface area contributed by atoms with Crippen LogP contribution in [0.25, 0.3) is 0 Å². The zero-order chi connectivity index (χ0) is 16.3. The second-order valence-corrected chi connectivity index (χ2v) is 4.56. The highest BCUT2D eigenvalue weighted by Gasteiger charge is 2.29. The van der Waals surface area contributed by atoms with Crippen LogP contribution in [0.3, 0.4) is 0 Å². The fourth-order valence-electron chi connectivity index (χ4n) is 1.96. The third-order valence-corrected chi connectivity index (χ3v) is 3.14. The Kier molecular flexibility index (Phi) is 4.96. The van der Waals surface area contributed by atoms with Crippen LogP contribution in [0.15, 0.2) is 12.1 Å². The molecule has 8 heteroatoms. The number of nitrogens with zero attached hydrogens (tertiary/aromatic N) is 2. The Balaban J connectivity index is 3.29. The second-order valence-electron chi connectivity index (χ2n) is 4.56. The van der Waals surface area contributed by atoms with Crippen LogP contribution in [0.1, 0.15) is 29.3 Å². The van der Waals surface area contributed by atoms with Crippen LogP contribution in [0.4, 0.5) is 10.1 Å². The smallest absolute Gasteiger partial charge is 0.326 e. The number of aryl methyl sites for hydroxylation is 1. The van der Waals surface area contributed by atoms with E-state index in [1.165, 1.54) is 14.0 Å². The van der Waals surface area contributed by atoms with E-state index in [0.29, 0.717) is 0 Å². The Labute approximate surface area is 120 Å². The number of hydrogen-bond acceptors (Lipinski definition) is 4. The molecule has 0 aromatic heterocycles. The van der Waals surface area contributed by atoms with E-state index in [1.54, 1.807) is 6.92 Å². The van der Waals surface area contributed by atoms with E-state index >= 15 is 0 Å². The van der Waals surface area contributed by atoms with Gasteiger partial charge in [-0.15, -0.1) is 0 Å². The van der Waals surface area contributed by atoms with Crippen LogP contribution in [0, 0.1) is 22.9 Å². The summed E-state index contributed by atoms with van der Waals surface area (Å²) in [7, 11) is 1.22. The first kappa shape index (κ1) is 16.5. The largest absolute Gasteiger partial charge is 0.480 e. The van der Waals surface area contributed by atoms with Crippen molar-refractivity contribution in [3.63, 3.8) is 0 Å². The van der Waals surface area contributed by atoms with Crippen LogP contribution in [0.2, 0.25) is 0 Å². The summed E-state index contributed by atoms with van der Waals surface area (Å²) in [5.74, 6) is -3.03. The Morgan fingerprint density at radius 1 is 1.48 bits per heavy atom. The fraction of sp³-hybridized carbons (Fsp3) is 0.385. The van der Waals surface area contributed by atoms with Gasteiger partial charge in [0.15, 0.2) is 0 Å². The average Bonchev–Trinajstić information content (AvgIpc) is 2.40. The number of non-ortho nitro benzene ring substituents is 1. The lowest BCUT2D eigenvalue weighted by atomic mass is 10.1. The molecular formula is C13H15FN2O5. The molecule has 0 spiro atoms. The molecule has 114 valence electrons. The van der Waals surface area contributed by atoms with Gasteiger partial charge in [0.25, 0.3) is 11.6 Å². The molecule has 0 saturated carbocycles. The maximum atomic E-state index is 14.0. The third kappa shape index (κ3) is 3.33. The van der Waals surface area contributed by atoms with Gasteiger partial charge in [-0.1, -0.05) is 6.92 Å². The summed E-state index contributed by atoms with van der Waals surface area (Å²) in [6.45, 7) is 2.87. The SMILES string of the molecule is CCC(C(=O)O)N(C)C(=O)c1cc([N+](=O)[O-])cc(C)c1F. The minimum Gasteiger partial charge on any atom is -0.480 e. The van der Waals surface area contributed by atoms with Crippen molar-refractivity contribution in [1.29, 1.82) is 0 Å². The number of benzene rings is 1. The zero-order valence-corrected chi connectivity index (χ0v) is 11.8. The van der Waals surface area contributed by atoms with Gasteiger partial charge in [0.2, 0.25) is 0 Å². The quantitative estimate of drug-likeness (QED) is 0.661. The van der Waals surface area contributed by atoms with Gasteiger partial charge in [0.1, 0.15) is 11.9 Å². The molecular weight excluding hydrogens is 283 g/mol. The molecule has 0 fully saturated rings. The molecule has 0 radical (unpaired) electrons. The first-order valence-electron chi connectivity index (χ1n) is 6.15. The predicted octanol–water partition coefficient (Wildman–Crippen LogP) is 1.98. The van der Waals surface area contributed by atoms with Gasteiger partial charge < -0.3 is 10.0 Å². The van der Waals surface area contributed by atoms with Crippen LogP contribution in [-0.4, -0.2) is 39.9 Å². The normalized spacial score (nSPS) is 11.8. The van der Waals surface area contributed by atoms with Crippen molar-refractivity contribution in [2.24, 2.45) is 0 Å². The van der Waals surface area contributed by atoms with Gasteiger partial charge in [0, 0.05) is 19.2 Å². The summed E-state index contributed by atoms with van der Waals surface area (Å²) < 4.78 is 14.0. The summed E-state index contributed by atoms with van der Waals surface area (Å²) in [5.41, 5.74) is -0.984. The van der Waals surface area contributed by atoms with Crippen molar-refractivity contribution in [1.82, 2.24) is 4.90 Å². The molecule has 1 unspecified atom stereocenters. The van der Waals surface area contributed by atoms with E-state index in [2.05, 4.69) is 0 Å². The number of nitro groups is 1. The molecule has 1 rings (SSSR count). The maximum absolute atomic E-state index is 14.0. The molecule has 1 aromatic rings. The lowest BCUT2D eigenvalue weighted by Gasteiger charge is -2.24. The Hall–Kier alpha value is -2.51. The van der Waals surface area contributed by atoms with Crippen LogP contribution in [-0.2, 0) is 4.79 Å². The van der Waals surface area contributed by atoms with E-state index < -0.39 is 39.9 Å². The molecule has 0 aliphatic heterocycles. The molecule has 1 N–H and O–H groups in total. The number of carbonyl (C=O) groups is 2. The van der Waals surface area contributed by atoms with Gasteiger partial charge in [-0.25, -0.2) is 9.18 Å². The molecule has 0 heterocycles. The Morgan fingerprint density at radius 3 is 2.48 bits per heavy atom. The minimum atomic E-state index is -1.23. The molecule has 1 aromatic carbocycles. The van der Waals surface area contributed by atoms with Crippen molar-refractivity contribution >= 4 is 17.6 Å².